The van der Waals surface area contributed by atoms with Crippen molar-refractivity contribution >= 4 is 5.97 Å². The fourth-order valence-corrected chi connectivity index (χ4v) is 2.21. The quantitative estimate of drug-likeness (QED) is 0.855. The Morgan fingerprint density at radius 2 is 1.89 bits per heavy atom. The van der Waals surface area contributed by atoms with Crippen LogP contribution in [0.5, 0.6) is 0 Å². The lowest BCUT2D eigenvalue weighted by Crippen LogP contribution is -2.50. The number of rotatable bonds is 4. The number of carbonyl (C=O) groups is 1. The van der Waals surface area contributed by atoms with Crippen molar-refractivity contribution in [1.29, 1.82) is 0 Å². The number of halogens is 3. The average Bonchev–Trinajstić information content (AvgIpc) is 2.29. The summed E-state index contributed by atoms with van der Waals surface area (Å²) in [5, 5.41) is 8.84. The van der Waals surface area contributed by atoms with Crippen LogP contribution in [-0.4, -0.2) is 29.1 Å². The molecule has 0 amide bonds. The molecule has 2 rings (SSSR count). The summed E-state index contributed by atoms with van der Waals surface area (Å²) in [6.07, 6.45) is 0. The molecule has 1 atom stereocenters. The summed E-state index contributed by atoms with van der Waals surface area (Å²) in [5.41, 5.74) is 0.345. The highest BCUT2D eigenvalue weighted by molar-refractivity contribution is 5.70. The average molecular weight is 273 g/mol. The maximum atomic E-state index is 13.0. The smallest absolute Gasteiger partial charge is 0.306 e. The van der Waals surface area contributed by atoms with E-state index in [0.717, 1.165) is 12.1 Å². The fraction of sp³-hybridized carbons (Fsp3) is 0.462. The summed E-state index contributed by atoms with van der Waals surface area (Å²) < 4.78 is 38.8. The first-order valence-electron chi connectivity index (χ1n) is 5.97. The highest BCUT2D eigenvalue weighted by Gasteiger charge is 2.34. The van der Waals surface area contributed by atoms with E-state index < -0.39 is 29.3 Å². The molecule has 0 aliphatic carbocycles. The van der Waals surface area contributed by atoms with Crippen molar-refractivity contribution in [3.63, 3.8) is 0 Å². The van der Waals surface area contributed by atoms with Crippen LogP contribution >= 0.6 is 0 Å². The van der Waals surface area contributed by atoms with E-state index in [-0.39, 0.29) is 12.5 Å². The van der Waals surface area contributed by atoms with E-state index in [1.807, 2.05) is 4.90 Å². The maximum absolute atomic E-state index is 13.0. The Morgan fingerprint density at radius 1 is 1.37 bits per heavy atom. The predicted octanol–water partition coefficient (Wildman–Crippen LogP) is 2.26. The summed E-state index contributed by atoms with van der Waals surface area (Å²) in [7, 11) is 0. The Hall–Kier alpha value is -1.56. The Kier molecular flexibility index (Phi) is 3.80. The first-order valence-corrected chi connectivity index (χ1v) is 5.97. The molecule has 1 saturated heterocycles. The van der Waals surface area contributed by atoms with Crippen LogP contribution in [0.4, 0.5) is 13.2 Å². The Balaban J connectivity index is 1.93. The highest BCUT2D eigenvalue weighted by Crippen LogP contribution is 2.26. The third-order valence-corrected chi connectivity index (χ3v) is 3.53. The van der Waals surface area contributed by atoms with Crippen LogP contribution in [0.2, 0.25) is 0 Å². The number of carboxylic acids is 1. The SMILES string of the molecule is CC(C(=O)O)C1CN(Cc2cc(F)c(F)c(F)c2)C1. The second-order valence-electron chi connectivity index (χ2n) is 4.95. The standard InChI is InChI=1S/C13H14F3NO2/c1-7(13(18)19)9-5-17(6-9)4-8-2-10(14)12(16)11(15)3-8/h2-3,7,9H,4-6H2,1H3,(H,18,19). The summed E-state index contributed by atoms with van der Waals surface area (Å²) in [4.78, 5) is 12.6. The molecule has 0 saturated carbocycles. The van der Waals surface area contributed by atoms with E-state index in [9.17, 15) is 18.0 Å². The van der Waals surface area contributed by atoms with Gasteiger partial charge in [-0.15, -0.1) is 0 Å². The number of benzene rings is 1. The van der Waals surface area contributed by atoms with Crippen LogP contribution in [0.25, 0.3) is 0 Å². The Labute approximate surface area is 108 Å². The van der Waals surface area contributed by atoms with Gasteiger partial charge in [-0.3, -0.25) is 9.69 Å². The molecule has 0 spiro atoms. The van der Waals surface area contributed by atoms with Crippen LogP contribution in [0, 0.1) is 29.3 Å². The maximum Gasteiger partial charge on any atom is 0.306 e. The number of aliphatic carboxylic acids is 1. The number of carboxylic acid groups (broad SMARTS) is 1. The summed E-state index contributed by atoms with van der Waals surface area (Å²) in [6.45, 7) is 3.06. The van der Waals surface area contributed by atoms with Gasteiger partial charge in [-0.2, -0.15) is 0 Å². The van der Waals surface area contributed by atoms with Gasteiger partial charge >= 0.3 is 5.97 Å². The van der Waals surface area contributed by atoms with E-state index >= 15 is 0 Å². The van der Waals surface area contributed by atoms with E-state index in [4.69, 9.17) is 5.11 Å². The van der Waals surface area contributed by atoms with Crippen molar-refractivity contribution in [1.82, 2.24) is 4.90 Å². The molecular weight excluding hydrogens is 259 g/mol. The fourth-order valence-electron chi connectivity index (χ4n) is 2.21. The Bertz CT molecular complexity index is 478. The van der Waals surface area contributed by atoms with Crippen molar-refractivity contribution in [2.24, 2.45) is 11.8 Å². The number of hydrogen-bond acceptors (Lipinski definition) is 2. The zero-order valence-electron chi connectivity index (χ0n) is 10.4. The first-order chi connectivity index (χ1) is 8.88. The highest BCUT2D eigenvalue weighted by atomic mass is 19.2. The molecule has 1 aromatic rings. The molecule has 1 fully saturated rings. The summed E-state index contributed by atoms with van der Waals surface area (Å²) in [5.74, 6) is -5.10. The molecule has 0 radical (unpaired) electrons. The Morgan fingerprint density at radius 3 is 2.37 bits per heavy atom. The zero-order chi connectivity index (χ0) is 14.2. The van der Waals surface area contributed by atoms with Crippen LogP contribution < -0.4 is 0 Å². The van der Waals surface area contributed by atoms with Crippen LogP contribution in [0.3, 0.4) is 0 Å². The monoisotopic (exact) mass is 273 g/mol. The lowest BCUT2D eigenvalue weighted by Gasteiger charge is -2.41. The van der Waals surface area contributed by atoms with Gasteiger partial charge in [-0.25, -0.2) is 13.2 Å². The second kappa shape index (κ2) is 5.21. The van der Waals surface area contributed by atoms with Gasteiger partial charge in [-0.05, 0) is 23.6 Å². The predicted molar refractivity (Wildman–Crippen MR) is 61.9 cm³/mol. The molecule has 1 aliphatic rings. The van der Waals surface area contributed by atoms with Crippen LogP contribution in [0.15, 0.2) is 12.1 Å². The molecule has 0 bridgehead atoms. The van der Waals surface area contributed by atoms with Gasteiger partial charge in [-0.1, -0.05) is 6.92 Å². The first kappa shape index (κ1) is 13.9. The number of nitrogens with zero attached hydrogens (tertiary/aromatic N) is 1. The van der Waals surface area contributed by atoms with Gasteiger partial charge in [0.15, 0.2) is 17.5 Å². The number of likely N-dealkylation sites (tertiary alicyclic amines) is 1. The van der Waals surface area contributed by atoms with E-state index in [2.05, 4.69) is 0 Å². The molecule has 1 aromatic carbocycles. The van der Waals surface area contributed by atoms with Crippen molar-refractivity contribution in [3.8, 4) is 0 Å². The molecule has 19 heavy (non-hydrogen) atoms. The van der Waals surface area contributed by atoms with Crippen molar-refractivity contribution < 1.29 is 23.1 Å². The van der Waals surface area contributed by atoms with E-state index in [1.54, 1.807) is 6.92 Å². The molecule has 0 aromatic heterocycles. The molecular formula is C13H14F3NO2. The number of hydrogen-bond donors (Lipinski definition) is 1. The molecule has 3 nitrogen and oxygen atoms in total. The zero-order valence-corrected chi connectivity index (χ0v) is 10.4. The third-order valence-electron chi connectivity index (χ3n) is 3.53. The second-order valence-corrected chi connectivity index (χ2v) is 4.95. The molecule has 1 aliphatic heterocycles. The minimum absolute atomic E-state index is 0.0487. The molecule has 1 N–H and O–H groups in total. The largest absolute Gasteiger partial charge is 0.481 e. The normalized spacial score (nSPS) is 18.1. The summed E-state index contributed by atoms with van der Waals surface area (Å²) >= 11 is 0. The van der Waals surface area contributed by atoms with E-state index in [0.29, 0.717) is 18.7 Å². The van der Waals surface area contributed by atoms with Crippen molar-refractivity contribution in [2.75, 3.05) is 13.1 Å². The third kappa shape index (κ3) is 2.89. The summed E-state index contributed by atoms with van der Waals surface area (Å²) in [6, 6.07) is 1.93. The minimum atomic E-state index is -1.47. The van der Waals surface area contributed by atoms with Gasteiger partial charge in [0.1, 0.15) is 0 Å². The van der Waals surface area contributed by atoms with Crippen LogP contribution in [-0.2, 0) is 11.3 Å². The van der Waals surface area contributed by atoms with Crippen LogP contribution in [0.1, 0.15) is 12.5 Å². The molecule has 1 unspecified atom stereocenters. The lowest BCUT2D eigenvalue weighted by atomic mass is 9.87. The van der Waals surface area contributed by atoms with Crippen molar-refractivity contribution in [2.45, 2.75) is 13.5 Å². The molecule has 1 heterocycles. The van der Waals surface area contributed by atoms with E-state index in [1.165, 1.54) is 0 Å². The van der Waals surface area contributed by atoms with Gasteiger partial charge in [0.2, 0.25) is 0 Å². The minimum Gasteiger partial charge on any atom is -0.481 e. The van der Waals surface area contributed by atoms with Gasteiger partial charge in [0.25, 0.3) is 0 Å². The lowest BCUT2D eigenvalue weighted by molar-refractivity contribution is -0.145. The van der Waals surface area contributed by atoms with Gasteiger partial charge < -0.3 is 5.11 Å². The topological polar surface area (TPSA) is 40.5 Å². The van der Waals surface area contributed by atoms with Crippen molar-refractivity contribution in [3.05, 3.63) is 35.1 Å². The molecule has 104 valence electrons. The van der Waals surface area contributed by atoms with Gasteiger partial charge in [0, 0.05) is 19.6 Å². The van der Waals surface area contributed by atoms with Gasteiger partial charge in [0.05, 0.1) is 5.92 Å². The molecule has 6 heteroatoms.